The molecule has 0 saturated carbocycles. The largest absolute Gasteiger partial charge is 0.388 e. The van der Waals surface area contributed by atoms with Gasteiger partial charge in [-0.1, -0.05) is 18.2 Å². The molecule has 0 radical (unpaired) electrons. The minimum absolute atomic E-state index is 0.111. The van der Waals surface area contributed by atoms with E-state index in [0.29, 0.717) is 13.0 Å². The summed E-state index contributed by atoms with van der Waals surface area (Å²) in [6.45, 7) is 2.65. The van der Waals surface area contributed by atoms with E-state index in [9.17, 15) is 9.50 Å². The normalized spacial score (nSPS) is 14.0. The number of rotatable bonds is 6. The lowest BCUT2D eigenvalue weighted by Gasteiger charge is -2.17. The van der Waals surface area contributed by atoms with Gasteiger partial charge in [-0.25, -0.2) is 9.37 Å². The SMILES string of the molecule is C[C@@H](C[C@@H](O)c1ccc(F)cc1)NCc1cn2ccccc2n1. The van der Waals surface area contributed by atoms with Crippen LogP contribution in [-0.4, -0.2) is 20.5 Å². The second-order valence-electron chi connectivity index (χ2n) is 5.78. The van der Waals surface area contributed by atoms with Crippen molar-refractivity contribution in [2.24, 2.45) is 0 Å². The number of aromatic nitrogens is 2. The maximum atomic E-state index is 12.9. The van der Waals surface area contributed by atoms with Crippen molar-refractivity contribution in [1.82, 2.24) is 14.7 Å². The molecule has 0 aliphatic carbocycles. The maximum absolute atomic E-state index is 12.9. The molecule has 0 aliphatic heterocycles. The van der Waals surface area contributed by atoms with E-state index < -0.39 is 6.10 Å². The Morgan fingerprint density at radius 3 is 2.74 bits per heavy atom. The minimum atomic E-state index is -0.612. The third kappa shape index (κ3) is 3.94. The Kier molecular flexibility index (Phi) is 4.69. The molecule has 2 N–H and O–H groups in total. The van der Waals surface area contributed by atoms with E-state index >= 15 is 0 Å². The Balaban J connectivity index is 1.54. The Bertz CT molecular complexity index is 736. The summed E-state index contributed by atoms with van der Waals surface area (Å²) in [5, 5.41) is 13.6. The van der Waals surface area contributed by atoms with Crippen LogP contribution in [0.25, 0.3) is 5.65 Å². The van der Waals surface area contributed by atoms with Crippen LogP contribution in [-0.2, 0) is 6.54 Å². The number of aliphatic hydroxyl groups is 1. The van der Waals surface area contributed by atoms with Crippen molar-refractivity contribution in [3.05, 3.63) is 71.9 Å². The molecule has 2 aromatic heterocycles. The number of halogens is 1. The van der Waals surface area contributed by atoms with E-state index in [1.807, 2.05) is 41.9 Å². The molecule has 0 amide bonds. The molecular weight excluding hydrogens is 293 g/mol. The fourth-order valence-electron chi connectivity index (χ4n) is 2.59. The van der Waals surface area contributed by atoms with Gasteiger partial charge in [-0.05, 0) is 43.2 Å². The highest BCUT2D eigenvalue weighted by Gasteiger charge is 2.13. The molecule has 2 atom stereocenters. The molecule has 0 bridgehead atoms. The number of benzene rings is 1. The molecule has 0 spiro atoms. The van der Waals surface area contributed by atoms with Gasteiger partial charge in [0.05, 0.1) is 11.8 Å². The average Bonchev–Trinajstić information content (AvgIpc) is 2.96. The van der Waals surface area contributed by atoms with Crippen LogP contribution in [0.1, 0.15) is 30.7 Å². The lowest BCUT2D eigenvalue weighted by atomic mass is 10.0. The molecule has 1 aromatic carbocycles. The molecule has 5 heteroatoms. The summed E-state index contributed by atoms with van der Waals surface area (Å²) in [7, 11) is 0. The van der Waals surface area contributed by atoms with E-state index in [1.165, 1.54) is 12.1 Å². The van der Waals surface area contributed by atoms with Gasteiger partial charge in [0.2, 0.25) is 0 Å². The highest BCUT2D eigenvalue weighted by molar-refractivity contribution is 5.39. The second-order valence-corrected chi connectivity index (χ2v) is 5.78. The lowest BCUT2D eigenvalue weighted by molar-refractivity contribution is 0.153. The number of fused-ring (bicyclic) bond motifs is 1. The number of pyridine rings is 1. The molecule has 0 unspecified atom stereocenters. The van der Waals surface area contributed by atoms with E-state index in [4.69, 9.17) is 0 Å². The van der Waals surface area contributed by atoms with Crippen LogP contribution >= 0.6 is 0 Å². The zero-order valence-electron chi connectivity index (χ0n) is 13.0. The summed E-state index contributed by atoms with van der Waals surface area (Å²) in [5.41, 5.74) is 2.61. The molecule has 3 aromatic rings. The topological polar surface area (TPSA) is 49.6 Å². The van der Waals surface area contributed by atoms with Gasteiger partial charge in [-0.15, -0.1) is 0 Å². The first-order chi connectivity index (χ1) is 11.1. The Morgan fingerprint density at radius 1 is 1.22 bits per heavy atom. The van der Waals surface area contributed by atoms with Crippen LogP contribution in [0.15, 0.2) is 54.9 Å². The molecule has 0 fully saturated rings. The summed E-state index contributed by atoms with van der Waals surface area (Å²) in [5.74, 6) is -0.293. The fraction of sp³-hybridized carbons (Fsp3) is 0.278. The number of hydrogen-bond acceptors (Lipinski definition) is 3. The summed E-state index contributed by atoms with van der Waals surface area (Å²) in [4.78, 5) is 4.53. The number of nitrogens with zero attached hydrogens (tertiary/aromatic N) is 2. The van der Waals surface area contributed by atoms with Gasteiger partial charge >= 0.3 is 0 Å². The Hall–Kier alpha value is -2.24. The van der Waals surface area contributed by atoms with E-state index in [1.54, 1.807) is 12.1 Å². The standard InChI is InChI=1S/C18H20FN3O/c1-13(10-17(23)14-5-7-15(19)8-6-14)20-11-16-12-22-9-3-2-4-18(22)21-16/h2-9,12-13,17,20,23H,10-11H2,1H3/t13-,17+/m0/s1. The summed E-state index contributed by atoms with van der Waals surface area (Å²) in [6.07, 6.45) is 3.90. The molecule has 2 heterocycles. The van der Waals surface area contributed by atoms with Crippen molar-refractivity contribution in [3.63, 3.8) is 0 Å². The minimum Gasteiger partial charge on any atom is -0.388 e. The van der Waals surface area contributed by atoms with Gasteiger partial charge in [0.15, 0.2) is 0 Å². The van der Waals surface area contributed by atoms with Crippen molar-refractivity contribution in [2.75, 3.05) is 0 Å². The quantitative estimate of drug-likeness (QED) is 0.735. The molecule has 0 saturated heterocycles. The molecular formula is C18H20FN3O. The third-order valence-corrected chi connectivity index (χ3v) is 3.88. The average molecular weight is 313 g/mol. The van der Waals surface area contributed by atoms with Crippen LogP contribution < -0.4 is 5.32 Å². The van der Waals surface area contributed by atoms with Crippen LogP contribution in [0.5, 0.6) is 0 Å². The summed E-state index contributed by atoms with van der Waals surface area (Å²) in [6, 6.07) is 12.0. The second kappa shape index (κ2) is 6.89. The van der Waals surface area contributed by atoms with Gasteiger partial charge in [-0.3, -0.25) is 0 Å². The number of imidazole rings is 1. The highest BCUT2D eigenvalue weighted by Crippen LogP contribution is 2.18. The fourth-order valence-corrected chi connectivity index (χ4v) is 2.59. The smallest absolute Gasteiger partial charge is 0.137 e. The van der Waals surface area contributed by atoms with E-state index in [2.05, 4.69) is 10.3 Å². The zero-order chi connectivity index (χ0) is 16.2. The van der Waals surface area contributed by atoms with Crippen LogP contribution in [0.4, 0.5) is 4.39 Å². The maximum Gasteiger partial charge on any atom is 0.137 e. The zero-order valence-corrected chi connectivity index (χ0v) is 13.0. The summed E-state index contributed by atoms with van der Waals surface area (Å²) >= 11 is 0. The molecule has 120 valence electrons. The van der Waals surface area contributed by atoms with Gasteiger partial charge in [0.1, 0.15) is 11.5 Å². The van der Waals surface area contributed by atoms with Gasteiger partial charge < -0.3 is 14.8 Å². The van der Waals surface area contributed by atoms with Crippen molar-refractivity contribution in [2.45, 2.75) is 32.0 Å². The number of nitrogens with one attached hydrogen (secondary N) is 1. The number of hydrogen-bond donors (Lipinski definition) is 2. The highest BCUT2D eigenvalue weighted by atomic mass is 19.1. The van der Waals surface area contributed by atoms with Crippen LogP contribution in [0.2, 0.25) is 0 Å². The first-order valence-electron chi connectivity index (χ1n) is 7.71. The van der Waals surface area contributed by atoms with E-state index in [-0.39, 0.29) is 11.9 Å². The Morgan fingerprint density at radius 2 is 2.00 bits per heavy atom. The summed E-state index contributed by atoms with van der Waals surface area (Å²) < 4.78 is 14.9. The first kappa shape index (κ1) is 15.6. The Labute approximate surface area is 134 Å². The predicted octanol–water partition coefficient (Wildman–Crippen LogP) is 3.08. The third-order valence-electron chi connectivity index (χ3n) is 3.88. The van der Waals surface area contributed by atoms with Crippen molar-refractivity contribution in [1.29, 1.82) is 0 Å². The first-order valence-corrected chi connectivity index (χ1v) is 7.71. The van der Waals surface area contributed by atoms with Crippen molar-refractivity contribution < 1.29 is 9.50 Å². The van der Waals surface area contributed by atoms with Crippen LogP contribution in [0, 0.1) is 5.82 Å². The molecule has 4 nitrogen and oxygen atoms in total. The lowest BCUT2D eigenvalue weighted by Crippen LogP contribution is -2.27. The van der Waals surface area contributed by atoms with E-state index in [0.717, 1.165) is 16.9 Å². The van der Waals surface area contributed by atoms with Gasteiger partial charge in [0, 0.05) is 25.0 Å². The van der Waals surface area contributed by atoms with Crippen molar-refractivity contribution in [3.8, 4) is 0 Å². The number of aliphatic hydroxyl groups excluding tert-OH is 1. The van der Waals surface area contributed by atoms with Crippen molar-refractivity contribution >= 4 is 5.65 Å². The predicted molar refractivity (Wildman–Crippen MR) is 87.5 cm³/mol. The van der Waals surface area contributed by atoms with Crippen LogP contribution in [0.3, 0.4) is 0 Å². The monoisotopic (exact) mass is 313 g/mol. The molecule has 0 aliphatic rings. The molecule has 23 heavy (non-hydrogen) atoms. The van der Waals surface area contributed by atoms with Gasteiger partial charge in [0.25, 0.3) is 0 Å². The molecule has 3 rings (SSSR count). The van der Waals surface area contributed by atoms with Gasteiger partial charge in [-0.2, -0.15) is 0 Å².